The van der Waals surface area contributed by atoms with Crippen LogP contribution in [0, 0.1) is 5.92 Å². The maximum Gasteiger partial charge on any atom is 0.0465 e. The highest BCUT2D eigenvalue weighted by molar-refractivity contribution is 5.93. The first-order chi connectivity index (χ1) is 10.2. The summed E-state index contributed by atoms with van der Waals surface area (Å²) in [5, 5.41) is 6.25. The van der Waals surface area contributed by atoms with Crippen LogP contribution in [0.1, 0.15) is 27.2 Å². The Kier molecular flexibility index (Phi) is 4.11. The number of pyridine rings is 1. The maximum absolute atomic E-state index is 4.33. The standard InChI is InChI=1S/C18H25N3/c1-4-15-10-20-17(13(2)3)12-21(15)18-7-5-6-14-8-9-19-11-16(14)18/h5-9,11,13,15,17,20H,4,10,12H2,1-3H3. The highest BCUT2D eigenvalue weighted by atomic mass is 15.2. The molecule has 0 aliphatic carbocycles. The molecule has 1 aliphatic rings. The fraction of sp³-hybridized carbons (Fsp3) is 0.500. The minimum absolute atomic E-state index is 0.555. The largest absolute Gasteiger partial charge is 0.365 e. The zero-order valence-electron chi connectivity index (χ0n) is 13.2. The molecule has 3 rings (SSSR count). The van der Waals surface area contributed by atoms with Crippen molar-refractivity contribution in [2.24, 2.45) is 5.92 Å². The van der Waals surface area contributed by atoms with Crippen LogP contribution in [0.2, 0.25) is 0 Å². The number of benzene rings is 1. The number of aromatic nitrogens is 1. The van der Waals surface area contributed by atoms with E-state index in [0.717, 1.165) is 19.5 Å². The van der Waals surface area contributed by atoms with Gasteiger partial charge in [-0.05, 0) is 29.9 Å². The molecular weight excluding hydrogens is 258 g/mol. The number of hydrogen-bond acceptors (Lipinski definition) is 3. The van der Waals surface area contributed by atoms with E-state index in [-0.39, 0.29) is 0 Å². The molecule has 1 fully saturated rings. The van der Waals surface area contributed by atoms with Gasteiger partial charge in [-0.2, -0.15) is 0 Å². The molecular formula is C18H25N3. The van der Waals surface area contributed by atoms with Crippen molar-refractivity contribution < 1.29 is 0 Å². The minimum atomic E-state index is 0.555. The fourth-order valence-electron chi connectivity index (χ4n) is 3.28. The van der Waals surface area contributed by atoms with Gasteiger partial charge in [-0.25, -0.2) is 0 Å². The van der Waals surface area contributed by atoms with Crippen molar-refractivity contribution in [1.82, 2.24) is 10.3 Å². The van der Waals surface area contributed by atoms with E-state index in [2.05, 4.69) is 60.2 Å². The van der Waals surface area contributed by atoms with Crippen molar-refractivity contribution in [3.63, 3.8) is 0 Å². The van der Waals surface area contributed by atoms with Crippen molar-refractivity contribution in [3.8, 4) is 0 Å². The average molecular weight is 283 g/mol. The summed E-state index contributed by atoms with van der Waals surface area (Å²) >= 11 is 0. The third kappa shape index (κ3) is 2.75. The van der Waals surface area contributed by atoms with Crippen molar-refractivity contribution in [2.75, 3.05) is 18.0 Å². The van der Waals surface area contributed by atoms with Gasteiger partial charge in [0.25, 0.3) is 0 Å². The number of anilines is 1. The van der Waals surface area contributed by atoms with Crippen molar-refractivity contribution in [1.29, 1.82) is 0 Å². The third-order valence-electron chi connectivity index (χ3n) is 4.70. The number of rotatable bonds is 3. The second-order valence-electron chi connectivity index (χ2n) is 6.35. The van der Waals surface area contributed by atoms with E-state index in [9.17, 15) is 0 Å². The van der Waals surface area contributed by atoms with E-state index < -0.39 is 0 Å². The topological polar surface area (TPSA) is 28.2 Å². The SMILES string of the molecule is CCC1CNC(C(C)C)CN1c1cccc2ccncc12. The number of nitrogens with zero attached hydrogens (tertiary/aromatic N) is 2. The summed E-state index contributed by atoms with van der Waals surface area (Å²) in [5.74, 6) is 0.651. The molecule has 1 aromatic carbocycles. The predicted molar refractivity (Wildman–Crippen MR) is 89.8 cm³/mol. The number of hydrogen-bond donors (Lipinski definition) is 1. The molecule has 0 spiro atoms. The summed E-state index contributed by atoms with van der Waals surface area (Å²) in [7, 11) is 0. The monoisotopic (exact) mass is 283 g/mol. The summed E-state index contributed by atoms with van der Waals surface area (Å²) < 4.78 is 0. The van der Waals surface area contributed by atoms with Gasteiger partial charge in [0.1, 0.15) is 0 Å². The van der Waals surface area contributed by atoms with Crippen LogP contribution in [0.4, 0.5) is 5.69 Å². The van der Waals surface area contributed by atoms with E-state index in [1.54, 1.807) is 0 Å². The molecule has 1 aliphatic heterocycles. The van der Waals surface area contributed by atoms with Gasteiger partial charge < -0.3 is 10.2 Å². The van der Waals surface area contributed by atoms with Crippen LogP contribution in [0.15, 0.2) is 36.7 Å². The normalized spacial score (nSPS) is 23.0. The minimum Gasteiger partial charge on any atom is -0.365 e. The Morgan fingerprint density at radius 3 is 2.95 bits per heavy atom. The van der Waals surface area contributed by atoms with E-state index in [0.29, 0.717) is 18.0 Å². The molecule has 0 saturated carbocycles. The number of piperazine rings is 1. The lowest BCUT2D eigenvalue weighted by molar-refractivity contribution is 0.325. The van der Waals surface area contributed by atoms with Crippen LogP contribution >= 0.6 is 0 Å². The molecule has 0 radical (unpaired) electrons. The van der Waals surface area contributed by atoms with Crippen molar-refractivity contribution in [3.05, 3.63) is 36.7 Å². The Hall–Kier alpha value is -1.61. The highest BCUT2D eigenvalue weighted by Gasteiger charge is 2.29. The Labute approximate surface area is 127 Å². The first-order valence-corrected chi connectivity index (χ1v) is 8.03. The first kappa shape index (κ1) is 14.3. The van der Waals surface area contributed by atoms with Gasteiger partial charge in [0, 0.05) is 48.6 Å². The Balaban J connectivity index is 2.01. The quantitative estimate of drug-likeness (QED) is 0.935. The molecule has 0 amide bonds. The third-order valence-corrected chi connectivity index (χ3v) is 4.70. The van der Waals surface area contributed by atoms with E-state index in [1.165, 1.54) is 16.5 Å². The van der Waals surface area contributed by atoms with Gasteiger partial charge in [-0.15, -0.1) is 0 Å². The van der Waals surface area contributed by atoms with Gasteiger partial charge in [0.2, 0.25) is 0 Å². The molecule has 2 heterocycles. The maximum atomic E-state index is 4.33. The van der Waals surface area contributed by atoms with E-state index in [4.69, 9.17) is 0 Å². The Morgan fingerprint density at radius 1 is 1.33 bits per heavy atom. The van der Waals surface area contributed by atoms with Crippen LogP contribution in [0.5, 0.6) is 0 Å². The highest BCUT2D eigenvalue weighted by Crippen LogP contribution is 2.30. The smallest absolute Gasteiger partial charge is 0.0465 e. The van der Waals surface area contributed by atoms with Crippen LogP contribution in [-0.2, 0) is 0 Å². The molecule has 3 heteroatoms. The molecule has 2 unspecified atom stereocenters. The fourth-order valence-corrected chi connectivity index (χ4v) is 3.28. The molecule has 3 nitrogen and oxygen atoms in total. The summed E-state index contributed by atoms with van der Waals surface area (Å²) in [5.41, 5.74) is 1.33. The second-order valence-corrected chi connectivity index (χ2v) is 6.35. The second kappa shape index (κ2) is 6.02. The lowest BCUT2D eigenvalue weighted by Crippen LogP contribution is -2.58. The van der Waals surface area contributed by atoms with Crippen molar-refractivity contribution in [2.45, 2.75) is 39.3 Å². The van der Waals surface area contributed by atoms with Crippen LogP contribution in [0.25, 0.3) is 10.8 Å². The lowest BCUT2D eigenvalue weighted by Gasteiger charge is -2.43. The van der Waals surface area contributed by atoms with Crippen LogP contribution in [0.3, 0.4) is 0 Å². The molecule has 2 aromatic rings. The number of nitrogens with one attached hydrogen (secondary N) is 1. The first-order valence-electron chi connectivity index (χ1n) is 8.03. The van der Waals surface area contributed by atoms with Crippen molar-refractivity contribution >= 4 is 16.5 Å². The number of fused-ring (bicyclic) bond motifs is 1. The van der Waals surface area contributed by atoms with Gasteiger partial charge in [0.15, 0.2) is 0 Å². The zero-order valence-corrected chi connectivity index (χ0v) is 13.2. The molecule has 112 valence electrons. The molecule has 0 bridgehead atoms. The summed E-state index contributed by atoms with van der Waals surface area (Å²) in [6.07, 6.45) is 5.04. The van der Waals surface area contributed by atoms with Gasteiger partial charge in [-0.1, -0.05) is 32.9 Å². The molecule has 1 N–H and O–H groups in total. The Morgan fingerprint density at radius 2 is 2.19 bits per heavy atom. The Bertz CT molecular complexity index is 603. The molecule has 21 heavy (non-hydrogen) atoms. The van der Waals surface area contributed by atoms with Gasteiger partial charge in [0.05, 0.1) is 0 Å². The lowest BCUT2D eigenvalue weighted by atomic mass is 9.97. The summed E-state index contributed by atoms with van der Waals surface area (Å²) in [6, 6.07) is 9.79. The van der Waals surface area contributed by atoms with Crippen LogP contribution < -0.4 is 10.2 Å². The molecule has 2 atom stereocenters. The van der Waals surface area contributed by atoms with E-state index in [1.807, 2.05) is 12.4 Å². The van der Waals surface area contributed by atoms with Gasteiger partial charge in [-0.3, -0.25) is 4.98 Å². The van der Waals surface area contributed by atoms with Gasteiger partial charge >= 0.3 is 0 Å². The summed E-state index contributed by atoms with van der Waals surface area (Å²) in [6.45, 7) is 9.01. The molecule has 1 saturated heterocycles. The van der Waals surface area contributed by atoms with Crippen LogP contribution in [-0.4, -0.2) is 30.2 Å². The average Bonchev–Trinajstić information content (AvgIpc) is 2.53. The van der Waals surface area contributed by atoms with E-state index >= 15 is 0 Å². The molecule has 1 aromatic heterocycles. The summed E-state index contributed by atoms with van der Waals surface area (Å²) in [4.78, 5) is 6.92. The predicted octanol–water partition coefficient (Wildman–Crippen LogP) is 3.45. The zero-order chi connectivity index (χ0) is 14.8.